The van der Waals surface area contributed by atoms with Gasteiger partial charge in [0.15, 0.2) is 0 Å². The van der Waals surface area contributed by atoms with Gasteiger partial charge in [0.2, 0.25) is 5.91 Å². The number of hydrogen-bond acceptors (Lipinski definition) is 2. The standard InChI is InChI=1S/C9H11IN2O2/c1-11(2)9(14)6-12-5-7(10)3-4-8(12)13/h3-5H,6H2,1-2H3. The first-order valence-corrected chi connectivity index (χ1v) is 5.14. The molecule has 0 saturated carbocycles. The molecule has 0 aliphatic rings. The maximum atomic E-state index is 11.3. The molecule has 0 aliphatic carbocycles. The molecule has 0 radical (unpaired) electrons. The zero-order valence-corrected chi connectivity index (χ0v) is 10.2. The number of amides is 1. The normalized spacial score (nSPS) is 9.93. The molecular weight excluding hydrogens is 295 g/mol. The van der Waals surface area contributed by atoms with Crippen molar-refractivity contribution < 1.29 is 4.79 Å². The Morgan fingerprint density at radius 1 is 1.50 bits per heavy atom. The van der Waals surface area contributed by atoms with E-state index in [9.17, 15) is 9.59 Å². The Balaban J connectivity index is 2.92. The zero-order valence-electron chi connectivity index (χ0n) is 8.03. The number of pyridine rings is 1. The van der Waals surface area contributed by atoms with E-state index in [2.05, 4.69) is 22.6 Å². The first-order chi connectivity index (χ1) is 6.50. The van der Waals surface area contributed by atoms with Crippen LogP contribution in [0.3, 0.4) is 0 Å². The van der Waals surface area contributed by atoms with Crippen molar-refractivity contribution >= 4 is 28.5 Å². The highest BCUT2D eigenvalue weighted by Crippen LogP contribution is 1.99. The minimum atomic E-state index is -0.152. The first kappa shape index (κ1) is 11.2. The van der Waals surface area contributed by atoms with Crippen molar-refractivity contribution in [1.29, 1.82) is 0 Å². The van der Waals surface area contributed by atoms with Crippen LogP contribution in [0.4, 0.5) is 0 Å². The third-order valence-electron chi connectivity index (χ3n) is 1.75. The SMILES string of the molecule is CN(C)C(=O)Cn1cc(I)ccc1=O. The molecule has 1 aromatic rings. The average Bonchev–Trinajstić information content (AvgIpc) is 2.11. The molecule has 0 atom stereocenters. The number of aromatic nitrogens is 1. The fraction of sp³-hybridized carbons (Fsp3) is 0.333. The quantitative estimate of drug-likeness (QED) is 0.749. The number of carbonyl (C=O) groups is 1. The van der Waals surface area contributed by atoms with E-state index in [-0.39, 0.29) is 18.0 Å². The monoisotopic (exact) mass is 306 g/mol. The summed E-state index contributed by atoms with van der Waals surface area (Å²) in [5.74, 6) is -0.0888. The van der Waals surface area contributed by atoms with Gasteiger partial charge in [-0.2, -0.15) is 0 Å². The van der Waals surface area contributed by atoms with E-state index < -0.39 is 0 Å². The summed E-state index contributed by atoms with van der Waals surface area (Å²) in [4.78, 5) is 24.1. The van der Waals surface area contributed by atoms with Crippen LogP contribution in [0.1, 0.15) is 0 Å². The van der Waals surface area contributed by atoms with Crippen LogP contribution < -0.4 is 5.56 Å². The van der Waals surface area contributed by atoms with E-state index in [1.54, 1.807) is 26.4 Å². The van der Waals surface area contributed by atoms with Gasteiger partial charge in [-0.15, -0.1) is 0 Å². The van der Waals surface area contributed by atoms with Crippen molar-refractivity contribution in [3.63, 3.8) is 0 Å². The fourth-order valence-electron chi connectivity index (χ4n) is 0.913. The molecule has 14 heavy (non-hydrogen) atoms. The van der Waals surface area contributed by atoms with Gasteiger partial charge in [-0.1, -0.05) is 0 Å². The van der Waals surface area contributed by atoms with Gasteiger partial charge >= 0.3 is 0 Å². The lowest BCUT2D eigenvalue weighted by Gasteiger charge is -2.11. The number of hydrogen-bond donors (Lipinski definition) is 0. The third-order valence-corrected chi connectivity index (χ3v) is 2.39. The van der Waals surface area contributed by atoms with Crippen LogP contribution in [0.5, 0.6) is 0 Å². The summed E-state index contributed by atoms with van der Waals surface area (Å²) in [5, 5.41) is 0. The van der Waals surface area contributed by atoms with Crippen molar-refractivity contribution in [3.8, 4) is 0 Å². The van der Waals surface area contributed by atoms with Gasteiger partial charge < -0.3 is 9.47 Å². The molecule has 4 nitrogen and oxygen atoms in total. The number of nitrogens with zero attached hydrogens (tertiary/aromatic N) is 2. The number of likely N-dealkylation sites (N-methyl/N-ethyl adjacent to an activating group) is 1. The maximum absolute atomic E-state index is 11.3. The van der Waals surface area contributed by atoms with Gasteiger partial charge in [-0.05, 0) is 28.7 Å². The lowest BCUT2D eigenvalue weighted by atomic mass is 10.4. The smallest absolute Gasteiger partial charge is 0.251 e. The molecule has 76 valence electrons. The Kier molecular flexibility index (Phi) is 3.68. The molecule has 0 aliphatic heterocycles. The topological polar surface area (TPSA) is 42.3 Å². The summed E-state index contributed by atoms with van der Waals surface area (Å²) >= 11 is 2.10. The third kappa shape index (κ3) is 2.83. The zero-order chi connectivity index (χ0) is 10.7. The van der Waals surface area contributed by atoms with Crippen LogP contribution >= 0.6 is 22.6 Å². The summed E-state index contributed by atoms with van der Waals surface area (Å²) < 4.78 is 2.35. The number of carbonyl (C=O) groups excluding carboxylic acids is 1. The van der Waals surface area contributed by atoms with Crippen LogP contribution in [0, 0.1) is 3.57 Å². The Morgan fingerprint density at radius 2 is 2.14 bits per heavy atom. The van der Waals surface area contributed by atoms with Crippen LogP contribution in [0.2, 0.25) is 0 Å². The lowest BCUT2D eigenvalue weighted by molar-refractivity contribution is -0.129. The van der Waals surface area contributed by atoms with E-state index in [0.717, 1.165) is 3.57 Å². The van der Waals surface area contributed by atoms with Crippen molar-refractivity contribution in [1.82, 2.24) is 9.47 Å². The minimum absolute atomic E-state index is 0.0888. The molecule has 1 amide bonds. The van der Waals surface area contributed by atoms with Crippen LogP contribution in [0.25, 0.3) is 0 Å². The molecule has 1 aromatic heterocycles. The molecule has 0 bridgehead atoms. The lowest BCUT2D eigenvalue weighted by Crippen LogP contribution is -2.31. The van der Waals surface area contributed by atoms with E-state index in [1.807, 2.05) is 0 Å². The molecule has 0 unspecified atom stereocenters. The summed E-state index contributed by atoms with van der Waals surface area (Å²) in [6.45, 7) is 0.0999. The maximum Gasteiger partial charge on any atom is 0.251 e. The van der Waals surface area contributed by atoms with Gasteiger partial charge in [0.05, 0.1) is 0 Å². The molecule has 5 heteroatoms. The summed E-state index contributed by atoms with van der Waals surface area (Å²) in [7, 11) is 3.34. The molecule has 0 spiro atoms. The molecule has 0 N–H and O–H groups in total. The summed E-state index contributed by atoms with van der Waals surface area (Å²) in [6.07, 6.45) is 1.67. The van der Waals surface area contributed by atoms with E-state index in [4.69, 9.17) is 0 Å². The van der Waals surface area contributed by atoms with Gasteiger partial charge in [-0.3, -0.25) is 9.59 Å². The minimum Gasteiger partial charge on any atom is -0.347 e. The second-order valence-electron chi connectivity index (χ2n) is 3.10. The molecule has 1 heterocycles. The fourth-order valence-corrected chi connectivity index (χ4v) is 1.43. The largest absolute Gasteiger partial charge is 0.347 e. The Labute approximate surface area is 95.7 Å². The Morgan fingerprint density at radius 3 is 2.71 bits per heavy atom. The van der Waals surface area contributed by atoms with Gasteiger partial charge in [0.1, 0.15) is 6.54 Å². The predicted molar refractivity (Wildman–Crippen MR) is 62.1 cm³/mol. The van der Waals surface area contributed by atoms with Crippen LogP contribution in [0.15, 0.2) is 23.1 Å². The predicted octanol–water partition coefficient (Wildman–Crippen LogP) is 0.541. The number of rotatable bonds is 2. The second-order valence-corrected chi connectivity index (χ2v) is 4.35. The number of halogens is 1. The van der Waals surface area contributed by atoms with Gasteiger partial charge in [0, 0.05) is 29.9 Å². The molecular formula is C9H11IN2O2. The molecule has 0 saturated heterocycles. The highest BCUT2D eigenvalue weighted by Gasteiger charge is 2.06. The molecule has 1 rings (SSSR count). The molecule has 0 fully saturated rings. The van der Waals surface area contributed by atoms with Crippen molar-refractivity contribution in [2.75, 3.05) is 14.1 Å². The second kappa shape index (κ2) is 4.59. The van der Waals surface area contributed by atoms with E-state index >= 15 is 0 Å². The Hall–Kier alpha value is -0.850. The first-order valence-electron chi connectivity index (χ1n) is 4.07. The van der Waals surface area contributed by atoms with Gasteiger partial charge in [-0.25, -0.2) is 0 Å². The van der Waals surface area contributed by atoms with Crippen molar-refractivity contribution in [3.05, 3.63) is 32.3 Å². The highest BCUT2D eigenvalue weighted by atomic mass is 127. The Bertz CT molecular complexity index is 398. The van der Waals surface area contributed by atoms with E-state index in [1.165, 1.54) is 15.5 Å². The average molecular weight is 306 g/mol. The van der Waals surface area contributed by atoms with Gasteiger partial charge in [0.25, 0.3) is 5.56 Å². The van der Waals surface area contributed by atoms with E-state index in [0.29, 0.717) is 0 Å². The summed E-state index contributed by atoms with van der Waals surface area (Å²) in [6, 6.07) is 3.18. The van der Waals surface area contributed by atoms with Crippen molar-refractivity contribution in [2.24, 2.45) is 0 Å². The highest BCUT2D eigenvalue weighted by molar-refractivity contribution is 14.1. The van der Waals surface area contributed by atoms with Crippen molar-refractivity contribution in [2.45, 2.75) is 6.54 Å². The molecule has 0 aromatic carbocycles. The summed E-state index contributed by atoms with van der Waals surface area (Å²) in [5.41, 5.74) is -0.152. The van der Waals surface area contributed by atoms with Crippen LogP contribution in [-0.2, 0) is 11.3 Å². The van der Waals surface area contributed by atoms with Crippen LogP contribution in [-0.4, -0.2) is 29.5 Å².